The predicted octanol–water partition coefficient (Wildman–Crippen LogP) is 3.62. The summed E-state index contributed by atoms with van der Waals surface area (Å²) in [6.45, 7) is 15.2. The van der Waals surface area contributed by atoms with Crippen molar-refractivity contribution in [3.05, 3.63) is 60.7 Å². The van der Waals surface area contributed by atoms with Gasteiger partial charge in [0.25, 0.3) is 8.32 Å². The molecule has 2 aromatic rings. The molecule has 43 heavy (non-hydrogen) atoms. The Bertz CT molecular complexity index is 914. The van der Waals surface area contributed by atoms with Crippen molar-refractivity contribution < 1.29 is 42.4 Å². The van der Waals surface area contributed by atoms with Crippen LogP contribution in [0.15, 0.2) is 60.7 Å². The fraction of sp³-hybridized carbons (Fsp3) is 0.606. The zero-order valence-corrected chi connectivity index (χ0v) is 27.6. The van der Waals surface area contributed by atoms with Gasteiger partial charge in [0.15, 0.2) is 0 Å². The Hall–Kier alpha value is -2.15. The molecule has 0 bridgehead atoms. The number of hydrogen-bond acceptors (Lipinski definition) is 9. The molecular formula is C33H52O9Si. The summed E-state index contributed by atoms with van der Waals surface area (Å²) in [5.41, 5.74) is 0. The van der Waals surface area contributed by atoms with E-state index in [9.17, 15) is 4.79 Å². The fourth-order valence-corrected chi connectivity index (χ4v) is 9.15. The van der Waals surface area contributed by atoms with Crippen LogP contribution < -0.4 is 10.4 Å². The molecule has 0 aliphatic carbocycles. The van der Waals surface area contributed by atoms with Crippen molar-refractivity contribution in [3.63, 3.8) is 0 Å². The second-order valence-corrected chi connectivity index (χ2v) is 15.0. The average Bonchev–Trinajstić information content (AvgIpc) is 3.00. The molecule has 0 fully saturated rings. The molecule has 0 spiro atoms. The van der Waals surface area contributed by atoms with Crippen LogP contribution in [-0.2, 0) is 42.4 Å². The van der Waals surface area contributed by atoms with Crippen molar-refractivity contribution in [2.45, 2.75) is 39.2 Å². The van der Waals surface area contributed by atoms with Gasteiger partial charge in [0.2, 0.25) is 0 Å². The second kappa shape index (κ2) is 22.4. The standard InChI is InChI=1S/C33H52O9Si/c1-5-41-32(34)16-17-35-18-19-36-20-21-37-22-23-38-24-25-39-26-27-40-28-29-42-43(33(2,3)4,30-12-8-6-9-13-30)31-14-10-7-11-15-31/h6-15H,5,16-29H2,1-4H3. The van der Waals surface area contributed by atoms with E-state index in [1.807, 2.05) is 0 Å². The minimum atomic E-state index is -2.53. The molecule has 242 valence electrons. The van der Waals surface area contributed by atoms with Gasteiger partial charge in [0, 0.05) is 0 Å². The summed E-state index contributed by atoms with van der Waals surface area (Å²) < 4.78 is 44.9. The average molecular weight is 621 g/mol. The van der Waals surface area contributed by atoms with E-state index in [-0.39, 0.29) is 17.4 Å². The molecule has 0 unspecified atom stereocenters. The van der Waals surface area contributed by atoms with Gasteiger partial charge in [-0.05, 0) is 22.3 Å². The van der Waals surface area contributed by atoms with Crippen LogP contribution in [-0.4, -0.2) is 107 Å². The number of esters is 1. The number of ether oxygens (including phenoxy) is 7. The molecule has 0 aliphatic heterocycles. The molecular weight excluding hydrogens is 568 g/mol. The van der Waals surface area contributed by atoms with Gasteiger partial charge >= 0.3 is 5.97 Å². The van der Waals surface area contributed by atoms with Crippen molar-refractivity contribution >= 4 is 24.7 Å². The van der Waals surface area contributed by atoms with Gasteiger partial charge in [-0.3, -0.25) is 4.79 Å². The summed E-state index contributed by atoms with van der Waals surface area (Å²) in [5.74, 6) is -0.246. The lowest BCUT2D eigenvalue weighted by Crippen LogP contribution is -2.66. The van der Waals surface area contributed by atoms with Crippen LogP contribution in [0.2, 0.25) is 5.04 Å². The minimum absolute atomic E-state index is 0.0543. The van der Waals surface area contributed by atoms with Crippen molar-refractivity contribution in [1.82, 2.24) is 0 Å². The van der Waals surface area contributed by atoms with Crippen LogP contribution in [0.4, 0.5) is 0 Å². The van der Waals surface area contributed by atoms with Crippen LogP contribution in [0.25, 0.3) is 0 Å². The number of carbonyl (C=O) groups is 1. The van der Waals surface area contributed by atoms with Gasteiger partial charge in [-0.2, -0.15) is 0 Å². The van der Waals surface area contributed by atoms with Crippen LogP contribution >= 0.6 is 0 Å². The van der Waals surface area contributed by atoms with E-state index in [1.54, 1.807) is 6.92 Å². The van der Waals surface area contributed by atoms with Gasteiger partial charge < -0.3 is 37.6 Å². The quantitative estimate of drug-likeness (QED) is 0.0938. The molecule has 10 heteroatoms. The molecule has 0 heterocycles. The molecule has 0 atom stereocenters. The van der Waals surface area contributed by atoms with Crippen molar-refractivity contribution in [1.29, 1.82) is 0 Å². The van der Waals surface area contributed by atoms with Gasteiger partial charge in [-0.25, -0.2) is 0 Å². The first-order valence-corrected chi connectivity index (χ1v) is 17.2. The third-order valence-electron chi connectivity index (χ3n) is 6.58. The largest absolute Gasteiger partial charge is 0.466 e. The Balaban J connectivity index is 1.47. The summed E-state index contributed by atoms with van der Waals surface area (Å²) in [5, 5.41) is 2.48. The van der Waals surface area contributed by atoms with E-state index in [0.717, 1.165) is 0 Å². The SMILES string of the molecule is CCOC(=O)CCOCCOCCOCCOCCOCCOCCO[Si](c1ccccc1)(c1ccccc1)C(C)(C)C. The maximum absolute atomic E-state index is 11.2. The topological polar surface area (TPSA) is 90.9 Å². The van der Waals surface area contributed by atoms with Crippen LogP contribution in [0.1, 0.15) is 34.1 Å². The zero-order chi connectivity index (χ0) is 31.1. The molecule has 2 aromatic carbocycles. The molecule has 0 aliphatic rings. The predicted molar refractivity (Wildman–Crippen MR) is 170 cm³/mol. The summed E-state index contributed by atoms with van der Waals surface area (Å²) in [4.78, 5) is 11.2. The lowest BCUT2D eigenvalue weighted by atomic mass is 10.2. The van der Waals surface area contributed by atoms with Crippen molar-refractivity contribution in [2.24, 2.45) is 0 Å². The summed E-state index contributed by atoms with van der Waals surface area (Å²) >= 11 is 0. The lowest BCUT2D eigenvalue weighted by molar-refractivity contribution is -0.144. The fourth-order valence-electron chi connectivity index (χ4n) is 4.61. The molecule has 0 radical (unpaired) electrons. The van der Waals surface area contributed by atoms with E-state index in [0.29, 0.717) is 92.5 Å². The monoisotopic (exact) mass is 620 g/mol. The highest BCUT2D eigenvalue weighted by Gasteiger charge is 2.49. The van der Waals surface area contributed by atoms with E-state index in [1.165, 1.54) is 10.4 Å². The molecule has 0 amide bonds. The van der Waals surface area contributed by atoms with Gasteiger partial charge in [0.05, 0.1) is 98.9 Å². The third-order valence-corrected chi connectivity index (χ3v) is 11.6. The van der Waals surface area contributed by atoms with Gasteiger partial charge in [-0.1, -0.05) is 81.4 Å². The zero-order valence-electron chi connectivity index (χ0n) is 26.6. The van der Waals surface area contributed by atoms with E-state index in [4.69, 9.17) is 37.6 Å². The first-order valence-electron chi connectivity index (χ1n) is 15.3. The van der Waals surface area contributed by atoms with E-state index < -0.39 is 8.32 Å². The van der Waals surface area contributed by atoms with E-state index >= 15 is 0 Å². The third kappa shape index (κ3) is 14.5. The second-order valence-electron chi connectivity index (χ2n) is 10.7. The highest BCUT2D eigenvalue weighted by molar-refractivity contribution is 6.99. The lowest BCUT2D eigenvalue weighted by Gasteiger charge is -2.43. The first kappa shape index (κ1) is 37.0. The molecule has 0 aromatic heterocycles. The Labute approximate surface area is 259 Å². The van der Waals surface area contributed by atoms with E-state index in [2.05, 4.69) is 81.4 Å². The van der Waals surface area contributed by atoms with Gasteiger partial charge in [-0.15, -0.1) is 0 Å². The number of carbonyl (C=O) groups excluding carboxylic acids is 1. The number of rotatable bonds is 25. The molecule has 2 rings (SSSR count). The highest BCUT2D eigenvalue weighted by Crippen LogP contribution is 2.36. The minimum Gasteiger partial charge on any atom is -0.466 e. The maximum Gasteiger partial charge on any atom is 0.308 e. The first-order chi connectivity index (χ1) is 20.9. The molecule has 0 N–H and O–H groups in total. The molecule has 0 saturated heterocycles. The Morgan fingerprint density at radius 1 is 0.558 bits per heavy atom. The van der Waals surface area contributed by atoms with Crippen LogP contribution in [0, 0.1) is 0 Å². The Morgan fingerprint density at radius 2 is 0.907 bits per heavy atom. The number of hydrogen-bond donors (Lipinski definition) is 0. The number of benzene rings is 2. The maximum atomic E-state index is 11.2. The summed E-state index contributed by atoms with van der Waals surface area (Å²) in [6.07, 6.45) is 0.260. The summed E-state index contributed by atoms with van der Waals surface area (Å²) in [7, 11) is -2.53. The van der Waals surface area contributed by atoms with Gasteiger partial charge in [0.1, 0.15) is 0 Å². The normalized spacial score (nSPS) is 12.0. The van der Waals surface area contributed by atoms with Crippen LogP contribution in [0.5, 0.6) is 0 Å². The van der Waals surface area contributed by atoms with Crippen LogP contribution in [0.3, 0.4) is 0 Å². The highest BCUT2D eigenvalue weighted by atomic mass is 28.4. The molecule has 0 saturated carbocycles. The smallest absolute Gasteiger partial charge is 0.308 e. The van der Waals surface area contributed by atoms with Crippen molar-refractivity contribution in [2.75, 3.05) is 92.5 Å². The Kier molecular flexibility index (Phi) is 19.3. The molecule has 9 nitrogen and oxygen atoms in total. The van der Waals surface area contributed by atoms with Crippen molar-refractivity contribution in [3.8, 4) is 0 Å². The Morgan fingerprint density at radius 3 is 1.26 bits per heavy atom. The summed E-state index contributed by atoms with van der Waals surface area (Å²) in [6, 6.07) is 21.2.